The van der Waals surface area contributed by atoms with Gasteiger partial charge in [0.15, 0.2) is 0 Å². The second-order valence-corrected chi connectivity index (χ2v) is 7.25. The van der Waals surface area contributed by atoms with Gasteiger partial charge in [-0.15, -0.1) is 0 Å². The molecule has 2 aromatic carbocycles. The number of hydrogen-bond donors (Lipinski definition) is 2. The summed E-state index contributed by atoms with van der Waals surface area (Å²) >= 11 is 0. The molecule has 0 amide bonds. The van der Waals surface area contributed by atoms with Crippen LogP contribution in [0.5, 0.6) is 5.75 Å². The second-order valence-electron chi connectivity index (χ2n) is 7.25. The molecule has 0 aliphatic carbocycles. The van der Waals surface area contributed by atoms with Crippen LogP contribution in [0.3, 0.4) is 0 Å². The SMILES string of the molecule is COc1cccc(CC(Nc2ccc(F)cc2)c2nccc3c(C)c(C)[nH]c23)c1. The molecule has 1 unspecified atom stereocenters. The second kappa shape index (κ2) is 7.95. The summed E-state index contributed by atoms with van der Waals surface area (Å²) in [6.07, 6.45) is 2.56. The fourth-order valence-corrected chi connectivity index (χ4v) is 3.67. The molecule has 0 radical (unpaired) electrons. The Balaban J connectivity index is 1.77. The highest BCUT2D eigenvalue weighted by Crippen LogP contribution is 2.31. The number of nitrogens with zero attached hydrogens (tertiary/aromatic N) is 1. The predicted octanol–water partition coefficient (Wildman–Crippen LogP) is 5.72. The van der Waals surface area contributed by atoms with Crippen molar-refractivity contribution in [3.05, 3.63) is 89.1 Å². The van der Waals surface area contributed by atoms with E-state index < -0.39 is 0 Å². The van der Waals surface area contributed by atoms with Crippen molar-refractivity contribution < 1.29 is 9.13 Å². The van der Waals surface area contributed by atoms with Crippen LogP contribution in [0, 0.1) is 19.7 Å². The molecule has 2 N–H and O–H groups in total. The van der Waals surface area contributed by atoms with Gasteiger partial charge in [-0.1, -0.05) is 12.1 Å². The van der Waals surface area contributed by atoms with E-state index >= 15 is 0 Å². The summed E-state index contributed by atoms with van der Waals surface area (Å²) in [5, 5.41) is 4.71. The molecule has 0 bridgehead atoms. The number of H-pyrrole nitrogens is 1. The average molecular weight is 389 g/mol. The summed E-state index contributed by atoms with van der Waals surface area (Å²) in [6.45, 7) is 4.19. The van der Waals surface area contributed by atoms with E-state index in [1.54, 1.807) is 19.2 Å². The molecular weight excluding hydrogens is 365 g/mol. The van der Waals surface area contributed by atoms with Gasteiger partial charge < -0.3 is 15.0 Å². The lowest BCUT2D eigenvalue weighted by atomic mass is 10.00. The van der Waals surface area contributed by atoms with Crippen LogP contribution in [0.4, 0.5) is 10.1 Å². The van der Waals surface area contributed by atoms with Crippen LogP contribution in [-0.4, -0.2) is 17.1 Å². The lowest BCUT2D eigenvalue weighted by Crippen LogP contribution is -2.16. The smallest absolute Gasteiger partial charge is 0.123 e. The van der Waals surface area contributed by atoms with Crippen molar-refractivity contribution in [1.29, 1.82) is 0 Å². The minimum absolute atomic E-state index is 0.103. The third-order valence-electron chi connectivity index (χ3n) is 5.35. The molecule has 4 rings (SSSR count). The van der Waals surface area contributed by atoms with E-state index in [2.05, 4.69) is 30.2 Å². The summed E-state index contributed by atoms with van der Waals surface area (Å²) in [4.78, 5) is 8.21. The normalized spacial score (nSPS) is 12.1. The van der Waals surface area contributed by atoms with Crippen LogP contribution in [-0.2, 0) is 6.42 Å². The van der Waals surface area contributed by atoms with E-state index in [9.17, 15) is 4.39 Å². The Labute approximate surface area is 169 Å². The third-order valence-corrected chi connectivity index (χ3v) is 5.35. The Morgan fingerprint density at radius 1 is 1.10 bits per heavy atom. The molecule has 0 fully saturated rings. The first-order valence-corrected chi connectivity index (χ1v) is 9.64. The first-order valence-electron chi connectivity index (χ1n) is 9.64. The van der Waals surface area contributed by atoms with Crippen molar-refractivity contribution >= 4 is 16.6 Å². The maximum absolute atomic E-state index is 13.4. The van der Waals surface area contributed by atoms with Crippen molar-refractivity contribution in [3.63, 3.8) is 0 Å². The van der Waals surface area contributed by atoms with E-state index in [-0.39, 0.29) is 11.9 Å². The number of nitrogens with one attached hydrogen (secondary N) is 2. The van der Waals surface area contributed by atoms with Gasteiger partial charge in [0, 0.05) is 23.0 Å². The maximum Gasteiger partial charge on any atom is 0.123 e. The highest BCUT2D eigenvalue weighted by molar-refractivity contribution is 5.86. The van der Waals surface area contributed by atoms with Crippen molar-refractivity contribution in [2.75, 3.05) is 12.4 Å². The van der Waals surface area contributed by atoms with Gasteiger partial charge in [0.2, 0.25) is 0 Å². The molecule has 1 atom stereocenters. The molecule has 2 heterocycles. The van der Waals surface area contributed by atoms with Gasteiger partial charge in [0.25, 0.3) is 0 Å². The van der Waals surface area contributed by atoms with Crippen LogP contribution in [0.2, 0.25) is 0 Å². The van der Waals surface area contributed by atoms with Crippen LogP contribution in [0.1, 0.15) is 28.6 Å². The van der Waals surface area contributed by atoms with E-state index in [4.69, 9.17) is 9.72 Å². The van der Waals surface area contributed by atoms with E-state index in [1.165, 1.54) is 23.1 Å². The lowest BCUT2D eigenvalue weighted by Gasteiger charge is -2.21. The van der Waals surface area contributed by atoms with Gasteiger partial charge in [-0.2, -0.15) is 0 Å². The van der Waals surface area contributed by atoms with Gasteiger partial charge in [-0.05, 0) is 73.9 Å². The van der Waals surface area contributed by atoms with Crippen LogP contribution in [0.15, 0.2) is 60.8 Å². The zero-order chi connectivity index (χ0) is 20.4. The number of methoxy groups -OCH3 is 1. The first-order chi connectivity index (χ1) is 14.0. The molecule has 148 valence electrons. The summed E-state index contributed by atoms with van der Waals surface area (Å²) in [7, 11) is 1.67. The summed E-state index contributed by atoms with van der Waals surface area (Å²) in [6, 6.07) is 16.4. The number of aromatic nitrogens is 2. The number of rotatable bonds is 6. The highest BCUT2D eigenvalue weighted by atomic mass is 19.1. The first kappa shape index (κ1) is 19.0. The zero-order valence-electron chi connectivity index (χ0n) is 16.8. The Morgan fingerprint density at radius 2 is 1.90 bits per heavy atom. The standard InChI is InChI=1S/C24H24FN3O/c1-15-16(2)27-23-21(15)11-12-26-24(23)22(28-19-9-7-18(25)8-10-19)14-17-5-4-6-20(13-17)29-3/h4-13,22,27-28H,14H2,1-3H3. The van der Waals surface area contributed by atoms with Gasteiger partial charge in [0.05, 0.1) is 24.4 Å². The molecule has 5 heteroatoms. The van der Waals surface area contributed by atoms with E-state index in [0.29, 0.717) is 6.42 Å². The highest BCUT2D eigenvalue weighted by Gasteiger charge is 2.19. The average Bonchev–Trinajstić information content (AvgIpc) is 3.03. The molecule has 0 saturated carbocycles. The Hall–Kier alpha value is -3.34. The minimum Gasteiger partial charge on any atom is -0.497 e. The fourth-order valence-electron chi connectivity index (χ4n) is 3.67. The fraction of sp³-hybridized carbons (Fsp3) is 0.208. The molecule has 4 nitrogen and oxygen atoms in total. The number of hydrogen-bond acceptors (Lipinski definition) is 3. The quantitative estimate of drug-likeness (QED) is 0.443. The van der Waals surface area contributed by atoms with Crippen molar-refractivity contribution in [2.24, 2.45) is 0 Å². The zero-order valence-corrected chi connectivity index (χ0v) is 16.8. The molecular formula is C24H24FN3O. The van der Waals surface area contributed by atoms with Gasteiger partial charge in [0.1, 0.15) is 11.6 Å². The predicted molar refractivity (Wildman–Crippen MR) is 115 cm³/mol. The van der Waals surface area contributed by atoms with Crippen LogP contribution >= 0.6 is 0 Å². The Bertz CT molecular complexity index is 1130. The topological polar surface area (TPSA) is 49.9 Å². The minimum atomic E-state index is -0.254. The largest absolute Gasteiger partial charge is 0.497 e. The number of halogens is 1. The molecule has 0 aliphatic heterocycles. The molecule has 4 aromatic rings. The number of aryl methyl sites for hydroxylation is 2. The van der Waals surface area contributed by atoms with Gasteiger partial charge >= 0.3 is 0 Å². The monoisotopic (exact) mass is 389 g/mol. The Morgan fingerprint density at radius 3 is 2.66 bits per heavy atom. The maximum atomic E-state index is 13.4. The van der Waals surface area contributed by atoms with Crippen molar-refractivity contribution in [2.45, 2.75) is 26.3 Å². The summed E-state index contributed by atoms with van der Waals surface area (Å²) in [5.74, 6) is 0.566. The number of aromatic amines is 1. The lowest BCUT2D eigenvalue weighted by molar-refractivity contribution is 0.414. The number of fused-ring (bicyclic) bond motifs is 1. The number of ether oxygens (including phenoxy) is 1. The summed E-state index contributed by atoms with van der Waals surface area (Å²) in [5.41, 5.74) is 6.30. The number of benzene rings is 2. The van der Waals surface area contributed by atoms with E-state index in [1.807, 2.05) is 30.5 Å². The molecule has 0 aliphatic rings. The molecule has 29 heavy (non-hydrogen) atoms. The van der Waals surface area contributed by atoms with Crippen LogP contribution < -0.4 is 10.1 Å². The molecule has 2 aromatic heterocycles. The van der Waals surface area contributed by atoms with Gasteiger partial charge in [-0.25, -0.2) is 4.39 Å². The van der Waals surface area contributed by atoms with Crippen LogP contribution in [0.25, 0.3) is 10.9 Å². The molecule has 0 spiro atoms. The number of pyridine rings is 1. The Kier molecular flexibility index (Phi) is 5.21. The van der Waals surface area contributed by atoms with Gasteiger partial charge in [-0.3, -0.25) is 4.98 Å². The molecule has 0 saturated heterocycles. The van der Waals surface area contributed by atoms with E-state index in [0.717, 1.165) is 33.9 Å². The van der Waals surface area contributed by atoms with Crippen molar-refractivity contribution in [1.82, 2.24) is 9.97 Å². The number of anilines is 1. The summed E-state index contributed by atoms with van der Waals surface area (Å²) < 4.78 is 18.8. The van der Waals surface area contributed by atoms with Crippen molar-refractivity contribution in [3.8, 4) is 5.75 Å². The third kappa shape index (κ3) is 3.94.